The molecule has 56 heavy (non-hydrogen) atoms. The number of unbranched alkanes of at least 4 members (excludes halogenated alkanes) is 5. The highest BCUT2D eigenvalue weighted by Crippen LogP contribution is 2.34. The van der Waals surface area contributed by atoms with Gasteiger partial charge in [-0.15, -0.1) is 0 Å². The van der Waals surface area contributed by atoms with E-state index in [-0.39, 0.29) is 12.1 Å². The van der Waals surface area contributed by atoms with E-state index in [4.69, 9.17) is 9.16 Å². The van der Waals surface area contributed by atoms with E-state index in [1.807, 2.05) is 53.4 Å². The topological polar surface area (TPSA) is 121 Å². The van der Waals surface area contributed by atoms with Crippen molar-refractivity contribution in [2.45, 2.75) is 122 Å². The summed E-state index contributed by atoms with van der Waals surface area (Å²) < 4.78 is 40.7. The third-order valence-electron chi connectivity index (χ3n) is 11.1. The Morgan fingerprint density at radius 1 is 0.839 bits per heavy atom. The van der Waals surface area contributed by atoms with E-state index >= 15 is 0 Å². The second-order valence-corrected chi connectivity index (χ2v) is 21.8. The van der Waals surface area contributed by atoms with Crippen molar-refractivity contribution in [2.75, 3.05) is 49.0 Å². The lowest BCUT2D eigenvalue weighted by Gasteiger charge is -2.34. The summed E-state index contributed by atoms with van der Waals surface area (Å²) in [5.74, 6) is 0.476. The number of carbonyl (C=O) groups excluding carboxylic acids is 1. The van der Waals surface area contributed by atoms with Crippen LogP contribution in [-0.4, -0.2) is 72.7 Å². The number of sulfonamides is 1. The Hall–Kier alpha value is -3.58. The van der Waals surface area contributed by atoms with Crippen LogP contribution in [0.25, 0.3) is 0 Å². The van der Waals surface area contributed by atoms with Crippen LogP contribution in [0.3, 0.4) is 0 Å². The number of rotatable bonds is 25. The van der Waals surface area contributed by atoms with Crippen molar-refractivity contribution in [1.82, 2.24) is 15.5 Å². The van der Waals surface area contributed by atoms with E-state index < -0.39 is 18.3 Å². The molecule has 12 heteroatoms. The molecular formula is C44H69N5O5SSi. The van der Waals surface area contributed by atoms with Crippen LogP contribution in [0.2, 0.25) is 18.1 Å². The fourth-order valence-electron chi connectivity index (χ4n) is 7.33. The predicted octanol–water partition coefficient (Wildman–Crippen LogP) is 9.48. The highest BCUT2D eigenvalue weighted by molar-refractivity contribution is 7.92. The summed E-state index contributed by atoms with van der Waals surface area (Å²) >= 11 is 0. The monoisotopic (exact) mass is 807 g/mol. The number of carbonyl (C=O) groups is 1. The molecule has 0 unspecified atom stereocenters. The molecule has 0 bridgehead atoms. The Morgan fingerprint density at radius 3 is 2.18 bits per heavy atom. The second kappa shape index (κ2) is 23.6. The normalized spacial score (nSPS) is 14.3. The molecule has 4 N–H and O–H groups in total. The van der Waals surface area contributed by atoms with Crippen molar-refractivity contribution < 1.29 is 22.4 Å². The molecule has 4 rings (SSSR count). The second-order valence-electron chi connectivity index (χ2n) is 15.3. The molecule has 0 saturated carbocycles. The van der Waals surface area contributed by atoms with Crippen molar-refractivity contribution in [1.29, 1.82) is 0 Å². The molecule has 1 heterocycles. The van der Waals surface area contributed by atoms with E-state index in [0.29, 0.717) is 30.6 Å². The van der Waals surface area contributed by atoms with E-state index in [9.17, 15) is 13.2 Å². The summed E-state index contributed by atoms with van der Waals surface area (Å²) in [4.78, 5) is 14.6. The van der Waals surface area contributed by atoms with E-state index in [1.165, 1.54) is 37.7 Å². The number of hydrogen-bond acceptors (Lipinski definition) is 7. The standard InChI is InChI=1S/C44H69N5O5SSi/c1-6-10-11-12-13-17-29-46-44(50)49-31-27-40(28-32-49)47-39-23-20-36(21-24-39)26-30-45-34-43(54-56(7-2,8-3)9-4)38-22-25-42(41(33-38)48-55(5,51)52)53-35-37-18-15-14-16-19-37/h14-16,18-25,33,40,43,45,47-48H,6-13,17,26-32,34-35H2,1-5H3,(H,46,50)/t43-/m1/s1. The molecule has 0 aliphatic carbocycles. The third-order valence-corrected chi connectivity index (χ3v) is 16.3. The Bertz CT molecular complexity index is 1680. The molecule has 0 aromatic heterocycles. The summed E-state index contributed by atoms with van der Waals surface area (Å²) in [7, 11) is -5.56. The average molecular weight is 808 g/mol. The quantitative estimate of drug-likeness (QED) is 0.0497. The first-order chi connectivity index (χ1) is 27.1. The van der Waals surface area contributed by atoms with Gasteiger partial charge in [-0.25, -0.2) is 13.2 Å². The average Bonchev–Trinajstić information content (AvgIpc) is 3.20. The maximum atomic E-state index is 12.6. The molecule has 10 nitrogen and oxygen atoms in total. The zero-order valence-corrected chi connectivity index (χ0v) is 36.5. The Morgan fingerprint density at radius 2 is 1.52 bits per heavy atom. The zero-order valence-electron chi connectivity index (χ0n) is 34.7. The van der Waals surface area contributed by atoms with Crippen LogP contribution < -0.4 is 25.4 Å². The van der Waals surface area contributed by atoms with Crippen LogP contribution in [0, 0.1) is 0 Å². The van der Waals surface area contributed by atoms with Gasteiger partial charge in [0.25, 0.3) is 0 Å². The summed E-state index contributed by atoms with van der Waals surface area (Å²) in [6, 6.07) is 27.7. The van der Waals surface area contributed by atoms with Crippen molar-refractivity contribution >= 4 is 35.7 Å². The Labute approximate surface area is 339 Å². The van der Waals surface area contributed by atoms with Crippen LogP contribution in [0.4, 0.5) is 16.2 Å². The van der Waals surface area contributed by atoms with Gasteiger partial charge in [0.1, 0.15) is 12.4 Å². The number of anilines is 2. The van der Waals surface area contributed by atoms with Gasteiger partial charge in [-0.05, 0) is 91.3 Å². The van der Waals surface area contributed by atoms with Gasteiger partial charge in [-0.2, -0.15) is 0 Å². The van der Waals surface area contributed by atoms with Gasteiger partial charge in [-0.1, -0.05) is 108 Å². The fourth-order valence-corrected chi connectivity index (χ4v) is 10.7. The summed E-state index contributed by atoms with van der Waals surface area (Å²) in [5, 5.41) is 10.4. The number of likely N-dealkylation sites (tertiary alicyclic amines) is 1. The lowest BCUT2D eigenvalue weighted by molar-refractivity contribution is 0.183. The molecule has 3 aromatic carbocycles. The smallest absolute Gasteiger partial charge is 0.317 e. The highest BCUT2D eigenvalue weighted by atomic mass is 32.2. The minimum Gasteiger partial charge on any atom is -0.487 e. The maximum Gasteiger partial charge on any atom is 0.317 e. The van der Waals surface area contributed by atoms with E-state index in [1.54, 1.807) is 0 Å². The summed E-state index contributed by atoms with van der Waals surface area (Å²) in [5.41, 5.74) is 4.68. The Kier molecular flexibility index (Phi) is 19.0. The van der Waals surface area contributed by atoms with Gasteiger partial charge in [-0.3, -0.25) is 4.72 Å². The molecular weight excluding hydrogens is 739 g/mol. The van der Waals surface area contributed by atoms with Crippen LogP contribution >= 0.6 is 0 Å². The zero-order chi connectivity index (χ0) is 40.2. The molecule has 310 valence electrons. The van der Waals surface area contributed by atoms with Gasteiger partial charge in [0.15, 0.2) is 8.32 Å². The summed E-state index contributed by atoms with van der Waals surface area (Å²) in [6.45, 7) is 12.9. The first-order valence-electron chi connectivity index (χ1n) is 21.1. The van der Waals surface area contributed by atoms with Gasteiger partial charge in [0.05, 0.1) is 18.0 Å². The molecule has 1 aliphatic heterocycles. The Balaban J connectivity index is 1.29. The van der Waals surface area contributed by atoms with Gasteiger partial charge in [0.2, 0.25) is 10.0 Å². The van der Waals surface area contributed by atoms with Crippen LogP contribution in [0.1, 0.15) is 102 Å². The van der Waals surface area contributed by atoms with Crippen LogP contribution in [0.15, 0.2) is 72.8 Å². The lowest BCUT2D eigenvalue weighted by Crippen LogP contribution is -2.47. The molecule has 3 aromatic rings. The van der Waals surface area contributed by atoms with E-state index in [2.05, 4.69) is 72.6 Å². The number of piperidine rings is 1. The van der Waals surface area contributed by atoms with Gasteiger partial charge < -0.3 is 30.0 Å². The number of ether oxygens (including phenoxy) is 1. The van der Waals surface area contributed by atoms with Crippen molar-refractivity contribution in [2.24, 2.45) is 0 Å². The first kappa shape index (κ1) is 45.1. The molecule has 1 atom stereocenters. The molecule has 1 saturated heterocycles. The van der Waals surface area contributed by atoms with Crippen LogP contribution in [0.5, 0.6) is 5.75 Å². The molecule has 0 radical (unpaired) electrons. The number of nitrogens with zero attached hydrogens (tertiary/aromatic N) is 1. The van der Waals surface area contributed by atoms with E-state index in [0.717, 1.165) is 93.1 Å². The van der Waals surface area contributed by atoms with Crippen LogP contribution in [-0.2, 0) is 27.5 Å². The SMILES string of the molecule is CCCCCCCCNC(=O)N1CCC(Nc2ccc(CCNC[C@@H](O[Si](CC)(CC)CC)c3ccc(OCc4ccccc4)c(NS(C)(=O)=O)c3)cc2)CC1. The number of nitrogens with one attached hydrogen (secondary N) is 4. The first-order valence-corrected chi connectivity index (χ1v) is 25.5. The largest absolute Gasteiger partial charge is 0.487 e. The molecule has 0 spiro atoms. The molecule has 1 fully saturated rings. The van der Waals surface area contributed by atoms with Gasteiger partial charge in [0, 0.05) is 37.9 Å². The summed E-state index contributed by atoms with van der Waals surface area (Å²) in [6.07, 6.45) is 11.0. The highest BCUT2D eigenvalue weighted by Gasteiger charge is 2.33. The van der Waals surface area contributed by atoms with Gasteiger partial charge >= 0.3 is 6.03 Å². The lowest BCUT2D eigenvalue weighted by atomic mass is 10.0. The predicted molar refractivity (Wildman–Crippen MR) is 235 cm³/mol. The van der Waals surface area contributed by atoms with Crippen molar-refractivity contribution in [3.63, 3.8) is 0 Å². The minimum absolute atomic E-state index is 0.0751. The third kappa shape index (κ3) is 15.4. The number of urea groups is 1. The number of benzene rings is 3. The minimum atomic E-state index is -3.55. The van der Waals surface area contributed by atoms with Crippen molar-refractivity contribution in [3.8, 4) is 5.75 Å². The molecule has 2 amide bonds. The number of amides is 2. The number of hydrogen-bond donors (Lipinski definition) is 4. The van der Waals surface area contributed by atoms with Crippen molar-refractivity contribution in [3.05, 3.63) is 89.5 Å². The molecule has 1 aliphatic rings. The fraction of sp³-hybridized carbons (Fsp3) is 0.568. The maximum absolute atomic E-state index is 12.6.